The maximum atomic E-state index is 11.9. The Morgan fingerprint density at radius 2 is 1.94 bits per heavy atom. The molecular weight excluding hydrogens is 248 g/mol. The largest absolute Gasteiger partial charge is 0.513 e. The molecule has 0 saturated carbocycles. The number of azo groups is 1. The fourth-order valence-electron chi connectivity index (χ4n) is 1.27. The first kappa shape index (κ1) is 12.2. The molecule has 2 rings (SSSR count). The Kier molecular flexibility index (Phi) is 3.98. The van der Waals surface area contributed by atoms with E-state index < -0.39 is 0 Å². The van der Waals surface area contributed by atoms with E-state index in [9.17, 15) is 4.79 Å². The van der Waals surface area contributed by atoms with Crippen LogP contribution in [0, 0.1) is 0 Å². The molecule has 0 unspecified atom stereocenters. The van der Waals surface area contributed by atoms with Crippen LogP contribution in [0.15, 0.2) is 70.0 Å². The van der Waals surface area contributed by atoms with Crippen LogP contribution in [-0.2, 0) is 0 Å². The summed E-state index contributed by atoms with van der Waals surface area (Å²) in [6.45, 7) is 0. The molecule has 0 aliphatic heterocycles. The molecule has 5 heteroatoms. The second-order valence-corrected chi connectivity index (χ2v) is 4.30. The molecule has 1 N–H and O–H groups in total. The third-order valence-corrected chi connectivity index (χ3v) is 3.00. The van der Waals surface area contributed by atoms with Gasteiger partial charge in [-0.15, -0.1) is 16.5 Å². The Hall–Kier alpha value is -2.27. The Bertz CT molecular complexity index is 574. The number of allylic oxidation sites excluding steroid dienone is 1. The molecule has 0 aliphatic carbocycles. The summed E-state index contributed by atoms with van der Waals surface area (Å²) in [7, 11) is 0. The summed E-state index contributed by atoms with van der Waals surface area (Å²) in [5.74, 6) is -0.341. The number of ketones is 1. The molecule has 0 radical (unpaired) electrons. The topological polar surface area (TPSA) is 62.0 Å². The van der Waals surface area contributed by atoms with Crippen LogP contribution in [-0.4, -0.2) is 10.9 Å². The number of thiophene rings is 1. The third-order valence-electron chi connectivity index (χ3n) is 2.13. The van der Waals surface area contributed by atoms with Gasteiger partial charge in [0, 0.05) is 0 Å². The van der Waals surface area contributed by atoms with Gasteiger partial charge < -0.3 is 5.11 Å². The summed E-state index contributed by atoms with van der Waals surface area (Å²) < 4.78 is 0. The van der Waals surface area contributed by atoms with E-state index in [1.165, 1.54) is 11.3 Å². The molecule has 2 aromatic rings. The molecule has 90 valence electrons. The van der Waals surface area contributed by atoms with Gasteiger partial charge >= 0.3 is 0 Å². The van der Waals surface area contributed by atoms with Crippen molar-refractivity contribution in [2.24, 2.45) is 10.2 Å². The lowest BCUT2D eigenvalue weighted by atomic mass is 10.2. The highest BCUT2D eigenvalue weighted by Gasteiger charge is 2.13. The van der Waals surface area contributed by atoms with Crippen LogP contribution in [0.3, 0.4) is 0 Å². The highest BCUT2D eigenvalue weighted by atomic mass is 32.1. The van der Waals surface area contributed by atoms with Gasteiger partial charge in [0.05, 0.1) is 10.6 Å². The Balaban J connectivity index is 2.16. The van der Waals surface area contributed by atoms with Crippen LogP contribution in [0.25, 0.3) is 0 Å². The van der Waals surface area contributed by atoms with Crippen molar-refractivity contribution < 1.29 is 9.90 Å². The lowest BCUT2D eigenvalue weighted by Crippen LogP contribution is -1.98. The molecule has 0 amide bonds. The van der Waals surface area contributed by atoms with Crippen molar-refractivity contribution in [1.82, 2.24) is 0 Å². The van der Waals surface area contributed by atoms with Gasteiger partial charge in [-0.05, 0) is 23.6 Å². The van der Waals surface area contributed by atoms with Gasteiger partial charge in [0.2, 0.25) is 5.78 Å². The average Bonchev–Trinajstić information content (AvgIpc) is 2.94. The fourth-order valence-corrected chi connectivity index (χ4v) is 1.94. The minimum Gasteiger partial charge on any atom is -0.513 e. The van der Waals surface area contributed by atoms with Gasteiger partial charge in [-0.3, -0.25) is 4.79 Å². The van der Waals surface area contributed by atoms with Crippen LogP contribution in [0.1, 0.15) is 9.67 Å². The lowest BCUT2D eigenvalue weighted by Gasteiger charge is -1.95. The normalized spacial score (nSPS) is 11.9. The van der Waals surface area contributed by atoms with Gasteiger partial charge in [0.15, 0.2) is 5.70 Å². The maximum Gasteiger partial charge on any atom is 0.226 e. The van der Waals surface area contributed by atoms with Gasteiger partial charge in [-0.1, -0.05) is 24.3 Å². The maximum absolute atomic E-state index is 11.9. The summed E-state index contributed by atoms with van der Waals surface area (Å²) in [5.41, 5.74) is 0.539. The molecule has 18 heavy (non-hydrogen) atoms. The SMILES string of the molecule is O=C(C(=CO)N=Nc1ccccc1)c1cccs1. The van der Waals surface area contributed by atoms with E-state index in [1.54, 1.807) is 29.6 Å². The Labute approximate surface area is 108 Å². The van der Waals surface area contributed by atoms with Crippen molar-refractivity contribution in [1.29, 1.82) is 0 Å². The lowest BCUT2D eigenvalue weighted by molar-refractivity contribution is 0.103. The van der Waals surface area contributed by atoms with Crippen molar-refractivity contribution >= 4 is 22.8 Å². The molecule has 0 atom stereocenters. The number of rotatable bonds is 4. The number of hydrogen-bond acceptors (Lipinski definition) is 5. The van der Waals surface area contributed by atoms with Crippen LogP contribution in [0.2, 0.25) is 0 Å². The smallest absolute Gasteiger partial charge is 0.226 e. The van der Waals surface area contributed by atoms with E-state index in [2.05, 4.69) is 10.2 Å². The third kappa shape index (κ3) is 2.89. The van der Waals surface area contributed by atoms with Gasteiger partial charge in [-0.2, -0.15) is 5.11 Å². The predicted molar refractivity (Wildman–Crippen MR) is 70.3 cm³/mol. The minimum atomic E-state index is -0.341. The zero-order chi connectivity index (χ0) is 12.8. The fraction of sp³-hybridized carbons (Fsp3) is 0. The van der Waals surface area contributed by atoms with Crippen molar-refractivity contribution in [2.75, 3.05) is 0 Å². The summed E-state index contributed by atoms with van der Waals surface area (Å²) in [4.78, 5) is 12.4. The van der Waals surface area contributed by atoms with E-state index in [1.807, 2.05) is 18.2 Å². The number of Topliss-reactive ketones (excluding diaryl/α,β-unsaturated/α-hetero) is 1. The van der Waals surface area contributed by atoms with Gasteiger partial charge in [0.1, 0.15) is 6.26 Å². The van der Waals surface area contributed by atoms with Gasteiger partial charge in [0.25, 0.3) is 0 Å². The van der Waals surface area contributed by atoms with Crippen LogP contribution in [0.5, 0.6) is 0 Å². The van der Waals surface area contributed by atoms with E-state index >= 15 is 0 Å². The summed E-state index contributed by atoms with van der Waals surface area (Å²) in [5, 5.41) is 18.5. The molecule has 1 aromatic heterocycles. The zero-order valence-corrected chi connectivity index (χ0v) is 10.2. The second-order valence-electron chi connectivity index (χ2n) is 3.36. The molecular formula is C13H10N2O2S. The van der Waals surface area contributed by atoms with Crippen molar-refractivity contribution in [3.05, 3.63) is 64.7 Å². The molecule has 0 bridgehead atoms. The Morgan fingerprint density at radius 3 is 2.56 bits per heavy atom. The highest BCUT2D eigenvalue weighted by molar-refractivity contribution is 7.12. The molecule has 0 saturated heterocycles. The minimum absolute atomic E-state index is 0.0821. The van der Waals surface area contributed by atoms with E-state index in [-0.39, 0.29) is 11.5 Å². The van der Waals surface area contributed by atoms with Crippen molar-refractivity contribution in [3.8, 4) is 0 Å². The first-order valence-electron chi connectivity index (χ1n) is 5.20. The van der Waals surface area contributed by atoms with Crippen LogP contribution in [0.4, 0.5) is 5.69 Å². The van der Waals surface area contributed by atoms with Gasteiger partial charge in [-0.25, -0.2) is 0 Å². The number of aliphatic hydroxyl groups excluding tert-OH is 1. The molecule has 0 fully saturated rings. The van der Waals surface area contributed by atoms with E-state index in [0.717, 1.165) is 0 Å². The quantitative estimate of drug-likeness (QED) is 0.388. The number of carbonyl (C=O) groups is 1. The first-order chi connectivity index (χ1) is 8.81. The standard InChI is InChI=1S/C13H10N2O2S/c16-9-11(13(17)12-7-4-8-18-12)15-14-10-5-2-1-3-6-10/h1-9,16H. The number of carbonyl (C=O) groups excluding carboxylic acids is 1. The van der Waals surface area contributed by atoms with Crippen molar-refractivity contribution in [3.63, 3.8) is 0 Å². The van der Waals surface area contributed by atoms with Crippen LogP contribution < -0.4 is 0 Å². The molecule has 0 aliphatic rings. The summed E-state index contributed by atoms with van der Waals surface area (Å²) >= 11 is 1.29. The molecule has 1 heterocycles. The summed E-state index contributed by atoms with van der Waals surface area (Å²) in [6.07, 6.45) is 0.675. The molecule has 4 nitrogen and oxygen atoms in total. The number of benzene rings is 1. The number of aliphatic hydroxyl groups is 1. The Morgan fingerprint density at radius 1 is 1.17 bits per heavy atom. The van der Waals surface area contributed by atoms with Crippen LogP contribution >= 0.6 is 11.3 Å². The first-order valence-corrected chi connectivity index (χ1v) is 6.08. The van der Waals surface area contributed by atoms with Crippen molar-refractivity contribution in [2.45, 2.75) is 0 Å². The van der Waals surface area contributed by atoms with E-state index in [0.29, 0.717) is 16.8 Å². The monoisotopic (exact) mass is 258 g/mol. The zero-order valence-electron chi connectivity index (χ0n) is 9.35. The second kappa shape index (κ2) is 5.88. The predicted octanol–water partition coefficient (Wildman–Crippen LogP) is 4.11. The average molecular weight is 258 g/mol. The van der Waals surface area contributed by atoms with E-state index in [4.69, 9.17) is 5.11 Å². The number of nitrogens with zero attached hydrogens (tertiary/aromatic N) is 2. The molecule has 0 spiro atoms. The number of hydrogen-bond donors (Lipinski definition) is 1. The highest BCUT2D eigenvalue weighted by Crippen LogP contribution is 2.17. The summed E-state index contributed by atoms with van der Waals surface area (Å²) in [6, 6.07) is 12.5. The molecule has 1 aromatic carbocycles.